The van der Waals surface area contributed by atoms with Gasteiger partial charge in [-0.25, -0.2) is 0 Å². The standard InChI is InChI=1S/C12H14BrN/c1-7(2)12-11(13)9-5-4-8(3)6-10(9)14-12/h4-7,14H,1-3H3. The normalized spacial score (nSPS) is 11.5. The lowest BCUT2D eigenvalue weighted by Gasteiger charge is -2.00. The molecule has 0 fully saturated rings. The summed E-state index contributed by atoms with van der Waals surface area (Å²) in [5.74, 6) is 0.525. The molecule has 0 aliphatic rings. The molecule has 0 unspecified atom stereocenters. The van der Waals surface area contributed by atoms with E-state index in [1.165, 1.54) is 26.6 Å². The summed E-state index contributed by atoms with van der Waals surface area (Å²) in [6.45, 7) is 6.51. The molecular weight excluding hydrogens is 238 g/mol. The molecule has 2 heteroatoms. The van der Waals surface area contributed by atoms with Gasteiger partial charge in [0.25, 0.3) is 0 Å². The monoisotopic (exact) mass is 251 g/mol. The van der Waals surface area contributed by atoms with Crippen LogP contribution < -0.4 is 0 Å². The summed E-state index contributed by atoms with van der Waals surface area (Å²) in [7, 11) is 0. The van der Waals surface area contributed by atoms with Gasteiger partial charge in [-0.3, -0.25) is 0 Å². The number of hydrogen-bond donors (Lipinski definition) is 1. The van der Waals surface area contributed by atoms with Gasteiger partial charge < -0.3 is 4.98 Å². The van der Waals surface area contributed by atoms with Crippen molar-refractivity contribution in [3.05, 3.63) is 33.9 Å². The fraction of sp³-hybridized carbons (Fsp3) is 0.333. The highest BCUT2D eigenvalue weighted by atomic mass is 79.9. The van der Waals surface area contributed by atoms with Crippen LogP contribution in [0.4, 0.5) is 0 Å². The maximum absolute atomic E-state index is 3.65. The smallest absolute Gasteiger partial charge is 0.0470 e. The van der Waals surface area contributed by atoms with Gasteiger partial charge in [-0.1, -0.05) is 26.0 Å². The largest absolute Gasteiger partial charge is 0.357 e. The van der Waals surface area contributed by atoms with E-state index in [0.717, 1.165) is 0 Å². The highest BCUT2D eigenvalue weighted by Gasteiger charge is 2.11. The van der Waals surface area contributed by atoms with E-state index in [9.17, 15) is 0 Å². The molecule has 1 heterocycles. The second-order valence-corrected chi connectivity index (χ2v) is 4.85. The molecule has 14 heavy (non-hydrogen) atoms. The lowest BCUT2D eigenvalue weighted by atomic mass is 10.1. The predicted molar refractivity (Wildman–Crippen MR) is 64.8 cm³/mol. The van der Waals surface area contributed by atoms with Crippen molar-refractivity contribution in [1.82, 2.24) is 4.98 Å². The molecule has 0 aliphatic carbocycles. The fourth-order valence-electron chi connectivity index (χ4n) is 1.70. The van der Waals surface area contributed by atoms with E-state index in [0.29, 0.717) is 5.92 Å². The van der Waals surface area contributed by atoms with Crippen LogP contribution in [-0.4, -0.2) is 4.98 Å². The quantitative estimate of drug-likeness (QED) is 0.776. The number of fused-ring (bicyclic) bond motifs is 1. The van der Waals surface area contributed by atoms with Gasteiger partial charge in [0.05, 0.1) is 0 Å². The van der Waals surface area contributed by atoms with Crippen molar-refractivity contribution < 1.29 is 0 Å². The van der Waals surface area contributed by atoms with E-state index in [4.69, 9.17) is 0 Å². The van der Waals surface area contributed by atoms with E-state index in [1.54, 1.807) is 0 Å². The molecule has 0 atom stereocenters. The second-order valence-electron chi connectivity index (χ2n) is 4.06. The highest BCUT2D eigenvalue weighted by molar-refractivity contribution is 9.10. The number of H-pyrrole nitrogens is 1. The highest BCUT2D eigenvalue weighted by Crippen LogP contribution is 2.32. The Hall–Kier alpha value is -0.760. The van der Waals surface area contributed by atoms with Crippen LogP contribution >= 0.6 is 15.9 Å². The molecule has 0 radical (unpaired) electrons. The molecule has 0 aliphatic heterocycles. The van der Waals surface area contributed by atoms with Crippen LogP contribution in [-0.2, 0) is 0 Å². The number of halogens is 1. The first-order chi connectivity index (χ1) is 6.59. The molecule has 0 saturated carbocycles. The molecule has 1 aromatic heterocycles. The third-order valence-electron chi connectivity index (χ3n) is 2.49. The van der Waals surface area contributed by atoms with Gasteiger partial charge in [0, 0.05) is 21.1 Å². The summed E-state index contributed by atoms with van der Waals surface area (Å²) in [4.78, 5) is 3.46. The summed E-state index contributed by atoms with van der Waals surface area (Å²) in [6.07, 6.45) is 0. The Morgan fingerprint density at radius 1 is 1.29 bits per heavy atom. The second kappa shape index (κ2) is 3.43. The minimum atomic E-state index is 0.525. The number of aromatic nitrogens is 1. The molecule has 0 saturated heterocycles. The SMILES string of the molecule is Cc1ccc2c(Br)c(C(C)C)[nH]c2c1. The topological polar surface area (TPSA) is 15.8 Å². The molecule has 74 valence electrons. The molecule has 0 amide bonds. The van der Waals surface area contributed by atoms with Gasteiger partial charge in [-0.15, -0.1) is 0 Å². The van der Waals surface area contributed by atoms with E-state index < -0.39 is 0 Å². The first-order valence-electron chi connectivity index (χ1n) is 4.87. The van der Waals surface area contributed by atoms with Crippen LogP contribution in [0.2, 0.25) is 0 Å². The van der Waals surface area contributed by atoms with Gasteiger partial charge in [0.15, 0.2) is 0 Å². The molecule has 2 aromatic rings. The molecule has 1 aromatic carbocycles. The molecule has 1 N–H and O–H groups in total. The van der Waals surface area contributed by atoms with E-state index in [1.807, 2.05) is 0 Å². The Morgan fingerprint density at radius 3 is 2.64 bits per heavy atom. The van der Waals surface area contributed by atoms with Crippen LogP contribution in [0, 0.1) is 6.92 Å². The number of aromatic amines is 1. The Balaban J connectivity index is 2.73. The molecule has 0 bridgehead atoms. The Kier molecular flexibility index (Phi) is 2.40. The number of rotatable bonds is 1. The van der Waals surface area contributed by atoms with Crippen molar-refractivity contribution in [3.63, 3.8) is 0 Å². The van der Waals surface area contributed by atoms with Gasteiger partial charge in [-0.2, -0.15) is 0 Å². The zero-order chi connectivity index (χ0) is 10.3. The zero-order valence-electron chi connectivity index (χ0n) is 8.69. The molecule has 2 rings (SSSR count). The summed E-state index contributed by atoms with van der Waals surface area (Å²) in [6, 6.07) is 6.49. The third-order valence-corrected chi connectivity index (χ3v) is 3.35. The average Bonchev–Trinajstić information content (AvgIpc) is 2.43. The first kappa shape index (κ1) is 9.78. The zero-order valence-corrected chi connectivity index (χ0v) is 10.3. The average molecular weight is 252 g/mol. The lowest BCUT2D eigenvalue weighted by molar-refractivity contribution is 0.831. The van der Waals surface area contributed by atoms with Crippen molar-refractivity contribution >= 4 is 26.8 Å². The van der Waals surface area contributed by atoms with Gasteiger partial charge in [0.1, 0.15) is 0 Å². The summed E-state index contributed by atoms with van der Waals surface area (Å²) < 4.78 is 1.21. The van der Waals surface area contributed by atoms with E-state index >= 15 is 0 Å². The van der Waals surface area contributed by atoms with Gasteiger partial charge >= 0.3 is 0 Å². The van der Waals surface area contributed by atoms with Crippen LogP contribution in [0.3, 0.4) is 0 Å². The lowest BCUT2D eigenvalue weighted by Crippen LogP contribution is -1.86. The summed E-state index contributed by atoms with van der Waals surface area (Å²) in [5, 5.41) is 1.28. The Morgan fingerprint density at radius 2 is 2.00 bits per heavy atom. The summed E-state index contributed by atoms with van der Waals surface area (Å²) in [5.41, 5.74) is 3.80. The minimum Gasteiger partial charge on any atom is -0.357 e. The fourth-order valence-corrected chi connectivity index (χ4v) is 2.60. The minimum absolute atomic E-state index is 0.525. The number of hydrogen-bond acceptors (Lipinski definition) is 0. The Labute approximate surface area is 92.6 Å². The van der Waals surface area contributed by atoms with Crippen LogP contribution in [0.5, 0.6) is 0 Å². The van der Waals surface area contributed by atoms with E-state index in [-0.39, 0.29) is 0 Å². The van der Waals surface area contributed by atoms with Gasteiger partial charge in [-0.05, 0) is 40.4 Å². The molecule has 1 nitrogen and oxygen atoms in total. The van der Waals surface area contributed by atoms with Crippen molar-refractivity contribution in [3.8, 4) is 0 Å². The molecule has 0 spiro atoms. The van der Waals surface area contributed by atoms with Crippen LogP contribution in [0.15, 0.2) is 22.7 Å². The van der Waals surface area contributed by atoms with Crippen molar-refractivity contribution in [2.24, 2.45) is 0 Å². The molecular formula is C12H14BrN. The summed E-state index contributed by atoms with van der Waals surface area (Å²) >= 11 is 3.65. The van der Waals surface area contributed by atoms with Crippen molar-refractivity contribution in [2.45, 2.75) is 26.7 Å². The predicted octanol–water partition coefficient (Wildman–Crippen LogP) is 4.36. The number of aryl methyl sites for hydroxylation is 1. The third kappa shape index (κ3) is 1.48. The van der Waals surface area contributed by atoms with Crippen LogP contribution in [0.25, 0.3) is 10.9 Å². The maximum atomic E-state index is 3.65. The van der Waals surface area contributed by atoms with Crippen molar-refractivity contribution in [1.29, 1.82) is 0 Å². The van der Waals surface area contributed by atoms with Crippen molar-refractivity contribution in [2.75, 3.05) is 0 Å². The number of benzene rings is 1. The first-order valence-corrected chi connectivity index (χ1v) is 5.66. The Bertz CT molecular complexity index is 468. The van der Waals surface area contributed by atoms with Gasteiger partial charge in [0.2, 0.25) is 0 Å². The van der Waals surface area contributed by atoms with Crippen LogP contribution in [0.1, 0.15) is 31.0 Å². The van der Waals surface area contributed by atoms with E-state index in [2.05, 4.69) is 59.9 Å². The number of nitrogens with one attached hydrogen (secondary N) is 1. The maximum Gasteiger partial charge on any atom is 0.0470 e.